The molecule has 1 N–H and O–H groups in total. The van der Waals surface area contributed by atoms with Gasteiger partial charge in [-0.1, -0.05) is 18.2 Å². The maximum Gasteiger partial charge on any atom is 0.411 e. The van der Waals surface area contributed by atoms with Gasteiger partial charge in [0.25, 0.3) is 0 Å². The van der Waals surface area contributed by atoms with Crippen molar-refractivity contribution >= 4 is 12.1 Å². The highest BCUT2D eigenvalue weighted by Crippen LogP contribution is 2.35. The van der Waals surface area contributed by atoms with Crippen LogP contribution >= 0.6 is 0 Å². The van der Waals surface area contributed by atoms with E-state index in [1.807, 2.05) is 24.3 Å². The van der Waals surface area contributed by atoms with E-state index < -0.39 is 23.7 Å². The number of aliphatic carboxylic acids is 1. The molecular weight excluding hydrogens is 310 g/mol. The Hall–Kier alpha value is -2.24. The second-order valence-electron chi connectivity index (χ2n) is 7.00. The Balaban J connectivity index is 2.25. The second kappa shape index (κ2) is 7.11. The van der Waals surface area contributed by atoms with E-state index in [0.717, 1.165) is 11.3 Å². The van der Waals surface area contributed by atoms with E-state index in [0.29, 0.717) is 19.4 Å². The van der Waals surface area contributed by atoms with Crippen molar-refractivity contribution in [3.63, 3.8) is 0 Å². The Morgan fingerprint density at radius 3 is 2.46 bits per heavy atom. The van der Waals surface area contributed by atoms with Crippen molar-refractivity contribution in [2.24, 2.45) is 0 Å². The van der Waals surface area contributed by atoms with Crippen LogP contribution in [0.3, 0.4) is 0 Å². The van der Waals surface area contributed by atoms with Crippen LogP contribution in [0, 0.1) is 0 Å². The molecule has 2 rings (SSSR count). The third kappa shape index (κ3) is 4.19. The van der Waals surface area contributed by atoms with Gasteiger partial charge in [0, 0.05) is 12.5 Å². The molecule has 24 heavy (non-hydrogen) atoms. The van der Waals surface area contributed by atoms with Gasteiger partial charge in [0.15, 0.2) is 0 Å². The molecule has 1 aliphatic heterocycles. The zero-order valence-electron chi connectivity index (χ0n) is 14.6. The lowest BCUT2D eigenvalue weighted by Gasteiger charge is -2.38. The van der Waals surface area contributed by atoms with Crippen molar-refractivity contribution in [1.82, 2.24) is 4.90 Å². The van der Waals surface area contributed by atoms with Crippen LogP contribution in [0.4, 0.5) is 4.79 Å². The molecule has 0 bridgehead atoms. The molecule has 1 saturated heterocycles. The lowest BCUT2D eigenvalue weighted by Crippen LogP contribution is -2.51. The molecule has 1 aliphatic rings. The first kappa shape index (κ1) is 18.1. The summed E-state index contributed by atoms with van der Waals surface area (Å²) < 4.78 is 10.8. The highest BCUT2D eigenvalue weighted by molar-refractivity contribution is 5.80. The SMILES string of the molecule is COc1ccccc1C1CCC(C(=O)O)N(C(=O)OC(C)(C)C)C1. The molecule has 0 aliphatic carbocycles. The second-order valence-corrected chi connectivity index (χ2v) is 7.00. The molecule has 2 atom stereocenters. The summed E-state index contributed by atoms with van der Waals surface area (Å²) in [6.07, 6.45) is 0.475. The predicted molar refractivity (Wildman–Crippen MR) is 89.3 cm³/mol. The van der Waals surface area contributed by atoms with Crippen molar-refractivity contribution in [3.05, 3.63) is 29.8 Å². The zero-order valence-corrected chi connectivity index (χ0v) is 14.6. The number of ether oxygens (including phenoxy) is 2. The van der Waals surface area contributed by atoms with Crippen molar-refractivity contribution in [3.8, 4) is 5.75 Å². The van der Waals surface area contributed by atoms with E-state index in [1.54, 1.807) is 27.9 Å². The number of para-hydroxylation sites is 1. The molecule has 1 aromatic rings. The monoisotopic (exact) mass is 335 g/mol. The Morgan fingerprint density at radius 2 is 1.88 bits per heavy atom. The zero-order chi connectivity index (χ0) is 17.9. The number of likely N-dealkylation sites (tertiary alicyclic amines) is 1. The summed E-state index contributed by atoms with van der Waals surface area (Å²) in [6.45, 7) is 5.60. The van der Waals surface area contributed by atoms with Crippen LogP contribution in [0.2, 0.25) is 0 Å². The van der Waals surface area contributed by atoms with Gasteiger partial charge in [-0.25, -0.2) is 9.59 Å². The molecule has 132 valence electrons. The first-order valence-electron chi connectivity index (χ1n) is 8.08. The van der Waals surface area contributed by atoms with Gasteiger partial charge < -0.3 is 14.6 Å². The minimum absolute atomic E-state index is 0.0178. The molecule has 2 unspecified atom stereocenters. The van der Waals surface area contributed by atoms with Crippen molar-refractivity contribution in [2.75, 3.05) is 13.7 Å². The number of carboxylic acids is 1. The van der Waals surface area contributed by atoms with Crippen LogP contribution in [0.1, 0.15) is 45.1 Å². The van der Waals surface area contributed by atoms with E-state index >= 15 is 0 Å². The number of hydrogen-bond donors (Lipinski definition) is 1. The van der Waals surface area contributed by atoms with Crippen LogP contribution in [0.5, 0.6) is 5.75 Å². The lowest BCUT2D eigenvalue weighted by molar-refractivity contribution is -0.144. The summed E-state index contributed by atoms with van der Waals surface area (Å²) in [7, 11) is 1.60. The standard InChI is InChI=1S/C18H25NO5/c1-18(2,3)24-17(22)19-11-12(9-10-14(19)16(20)21)13-7-5-6-8-15(13)23-4/h5-8,12,14H,9-11H2,1-4H3,(H,20,21). The number of nitrogens with zero attached hydrogens (tertiary/aromatic N) is 1. The smallest absolute Gasteiger partial charge is 0.411 e. The maximum absolute atomic E-state index is 12.5. The maximum atomic E-state index is 12.5. The number of carboxylic acid groups (broad SMARTS) is 1. The van der Waals surface area contributed by atoms with Crippen molar-refractivity contribution < 1.29 is 24.2 Å². The topological polar surface area (TPSA) is 76.1 Å². The van der Waals surface area contributed by atoms with Gasteiger partial charge in [-0.05, 0) is 45.2 Å². The number of methoxy groups -OCH3 is 1. The molecule has 1 amide bonds. The molecule has 0 radical (unpaired) electrons. The molecule has 6 heteroatoms. The first-order valence-corrected chi connectivity index (χ1v) is 8.08. The Kier molecular flexibility index (Phi) is 5.36. The average molecular weight is 335 g/mol. The summed E-state index contributed by atoms with van der Waals surface area (Å²) in [5, 5.41) is 9.44. The Labute approximate surface area is 142 Å². The number of rotatable bonds is 3. The number of piperidine rings is 1. The normalized spacial score (nSPS) is 21.2. The van der Waals surface area contributed by atoms with Crippen molar-refractivity contribution in [2.45, 2.75) is 51.2 Å². The fourth-order valence-corrected chi connectivity index (χ4v) is 3.01. The van der Waals surface area contributed by atoms with Gasteiger partial charge in [0.05, 0.1) is 7.11 Å². The molecule has 1 aromatic carbocycles. The predicted octanol–water partition coefficient (Wildman–Crippen LogP) is 3.26. The fourth-order valence-electron chi connectivity index (χ4n) is 3.01. The van der Waals surface area contributed by atoms with Gasteiger partial charge in [0.2, 0.25) is 0 Å². The minimum atomic E-state index is -1.00. The van der Waals surface area contributed by atoms with Crippen LogP contribution < -0.4 is 4.74 Å². The van der Waals surface area contributed by atoms with E-state index in [9.17, 15) is 14.7 Å². The number of carbonyl (C=O) groups is 2. The van der Waals surface area contributed by atoms with Gasteiger partial charge in [-0.3, -0.25) is 4.90 Å². The van der Waals surface area contributed by atoms with E-state index in [4.69, 9.17) is 9.47 Å². The largest absolute Gasteiger partial charge is 0.496 e. The van der Waals surface area contributed by atoms with Crippen LogP contribution in [0.25, 0.3) is 0 Å². The minimum Gasteiger partial charge on any atom is -0.496 e. The van der Waals surface area contributed by atoms with Gasteiger partial charge in [0.1, 0.15) is 17.4 Å². The van der Waals surface area contributed by atoms with E-state index in [-0.39, 0.29) is 5.92 Å². The number of benzene rings is 1. The summed E-state index contributed by atoms with van der Waals surface area (Å²) in [5.41, 5.74) is 0.315. The highest BCUT2D eigenvalue weighted by atomic mass is 16.6. The molecule has 0 spiro atoms. The molecule has 0 aromatic heterocycles. The highest BCUT2D eigenvalue weighted by Gasteiger charge is 2.39. The summed E-state index contributed by atoms with van der Waals surface area (Å²) in [5.74, 6) is -0.232. The molecule has 6 nitrogen and oxygen atoms in total. The number of amides is 1. The van der Waals surface area contributed by atoms with Crippen LogP contribution in [0.15, 0.2) is 24.3 Å². The van der Waals surface area contributed by atoms with E-state index in [1.165, 1.54) is 4.90 Å². The third-order valence-corrected chi connectivity index (χ3v) is 4.07. The number of carbonyl (C=O) groups excluding carboxylic acids is 1. The molecule has 0 saturated carbocycles. The fraction of sp³-hybridized carbons (Fsp3) is 0.556. The van der Waals surface area contributed by atoms with Gasteiger partial charge >= 0.3 is 12.1 Å². The van der Waals surface area contributed by atoms with Gasteiger partial charge in [-0.15, -0.1) is 0 Å². The third-order valence-electron chi connectivity index (χ3n) is 4.07. The van der Waals surface area contributed by atoms with Crippen molar-refractivity contribution in [1.29, 1.82) is 0 Å². The Morgan fingerprint density at radius 1 is 1.21 bits per heavy atom. The quantitative estimate of drug-likeness (QED) is 0.917. The van der Waals surface area contributed by atoms with Crippen LogP contribution in [-0.4, -0.2) is 47.4 Å². The summed E-state index contributed by atoms with van der Waals surface area (Å²) >= 11 is 0. The summed E-state index contributed by atoms with van der Waals surface area (Å²) in [4.78, 5) is 25.3. The molecule has 1 fully saturated rings. The first-order chi connectivity index (χ1) is 11.2. The lowest BCUT2D eigenvalue weighted by atomic mass is 9.87. The number of hydrogen-bond acceptors (Lipinski definition) is 4. The van der Waals surface area contributed by atoms with Crippen LogP contribution in [-0.2, 0) is 9.53 Å². The summed E-state index contributed by atoms with van der Waals surface area (Å²) in [6, 6.07) is 6.77. The van der Waals surface area contributed by atoms with Gasteiger partial charge in [-0.2, -0.15) is 0 Å². The molecule has 1 heterocycles. The average Bonchev–Trinajstić information content (AvgIpc) is 2.52. The van der Waals surface area contributed by atoms with E-state index in [2.05, 4.69) is 0 Å². The molecular formula is C18H25NO5. The Bertz CT molecular complexity index is 608.